The number of benzene rings is 1. The summed E-state index contributed by atoms with van der Waals surface area (Å²) in [5.41, 5.74) is 10.2. The highest BCUT2D eigenvalue weighted by Gasteiger charge is 2.31. The van der Waals surface area contributed by atoms with Crippen molar-refractivity contribution in [3.05, 3.63) is 63.4 Å². The average molecular weight is 455 g/mol. The van der Waals surface area contributed by atoms with Crippen LogP contribution in [0.5, 0.6) is 0 Å². The number of nitrogens with zero attached hydrogens (tertiary/aromatic N) is 3. The maximum Gasteiger partial charge on any atom is 0.254 e. The van der Waals surface area contributed by atoms with E-state index in [2.05, 4.69) is 25.9 Å². The lowest BCUT2D eigenvalue weighted by Crippen LogP contribution is -2.43. The molecule has 2 N–H and O–H groups in total. The van der Waals surface area contributed by atoms with E-state index in [4.69, 9.17) is 15.2 Å². The van der Waals surface area contributed by atoms with Gasteiger partial charge in [0.15, 0.2) is 0 Å². The molecule has 8 heteroatoms. The van der Waals surface area contributed by atoms with Crippen LogP contribution in [0.25, 0.3) is 10.9 Å². The number of nitrogens with two attached hydrogens (primary N) is 1. The molecule has 0 saturated carbocycles. The van der Waals surface area contributed by atoms with Gasteiger partial charge in [-0.1, -0.05) is 0 Å². The number of rotatable bonds is 2. The van der Waals surface area contributed by atoms with E-state index < -0.39 is 0 Å². The van der Waals surface area contributed by atoms with Crippen LogP contribution in [0.2, 0.25) is 0 Å². The van der Waals surface area contributed by atoms with E-state index in [0.717, 1.165) is 32.2 Å². The minimum Gasteiger partial charge on any atom is -0.383 e. The van der Waals surface area contributed by atoms with Gasteiger partial charge in [-0.15, -0.1) is 0 Å². The highest BCUT2D eigenvalue weighted by molar-refractivity contribution is 9.10. The number of pyridine rings is 2. The molecular formula is C21H19BrN4O3. The summed E-state index contributed by atoms with van der Waals surface area (Å²) in [6.45, 7) is 2.39. The molecule has 1 atom stereocenters. The van der Waals surface area contributed by atoms with E-state index in [1.165, 1.54) is 0 Å². The van der Waals surface area contributed by atoms with Gasteiger partial charge in [-0.05, 0) is 51.8 Å². The molecule has 0 radical (unpaired) electrons. The smallest absolute Gasteiger partial charge is 0.254 e. The van der Waals surface area contributed by atoms with E-state index in [-0.39, 0.29) is 11.9 Å². The Hall–Kier alpha value is -2.55. The molecule has 0 aliphatic carbocycles. The summed E-state index contributed by atoms with van der Waals surface area (Å²) >= 11 is 3.40. The minimum atomic E-state index is -0.223. The Balaban J connectivity index is 1.52. The van der Waals surface area contributed by atoms with E-state index in [1.807, 2.05) is 29.2 Å². The Kier molecular flexibility index (Phi) is 4.69. The highest BCUT2D eigenvalue weighted by atomic mass is 79.9. The van der Waals surface area contributed by atoms with Crippen LogP contribution in [0.1, 0.15) is 33.2 Å². The van der Waals surface area contributed by atoms with Crippen molar-refractivity contribution < 1.29 is 14.3 Å². The third-order valence-electron chi connectivity index (χ3n) is 5.46. The summed E-state index contributed by atoms with van der Waals surface area (Å²) in [4.78, 5) is 24.2. The van der Waals surface area contributed by atoms with Gasteiger partial charge in [0.25, 0.3) is 5.91 Å². The van der Waals surface area contributed by atoms with Crippen molar-refractivity contribution in [1.29, 1.82) is 0 Å². The van der Waals surface area contributed by atoms with Gasteiger partial charge in [0.2, 0.25) is 0 Å². The Morgan fingerprint density at radius 3 is 2.86 bits per heavy atom. The number of amides is 1. The number of aromatic nitrogens is 2. The van der Waals surface area contributed by atoms with Crippen molar-refractivity contribution in [3.8, 4) is 0 Å². The number of halogens is 1. The number of carbonyl (C=O) groups is 1. The van der Waals surface area contributed by atoms with Gasteiger partial charge < -0.3 is 20.1 Å². The molecule has 148 valence electrons. The third-order valence-corrected chi connectivity index (χ3v) is 5.93. The second-order valence-corrected chi connectivity index (χ2v) is 8.09. The number of fused-ring (bicyclic) bond motifs is 3. The summed E-state index contributed by atoms with van der Waals surface area (Å²) < 4.78 is 12.1. The molecule has 2 aliphatic rings. The fourth-order valence-corrected chi connectivity index (χ4v) is 4.18. The topological polar surface area (TPSA) is 90.6 Å². The van der Waals surface area contributed by atoms with Crippen LogP contribution in [0, 0.1) is 0 Å². The predicted molar refractivity (Wildman–Crippen MR) is 111 cm³/mol. The zero-order valence-electron chi connectivity index (χ0n) is 15.6. The molecule has 5 rings (SSSR count). The molecule has 0 bridgehead atoms. The van der Waals surface area contributed by atoms with E-state index in [9.17, 15) is 4.79 Å². The summed E-state index contributed by atoms with van der Waals surface area (Å²) in [7, 11) is 0. The van der Waals surface area contributed by atoms with Crippen LogP contribution in [-0.4, -0.2) is 40.5 Å². The Bertz CT molecular complexity index is 1100. The Labute approximate surface area is 176 Å². The van der Waals surface area contributed by atoms with Gasteiger partial charge in [-0.3, -0.25) is 9.78 Å². The molecule has 1 aromatic carbocycles. The molecule has 0 unspecified atom stereocenters. The SMILES string of the molecule is Nc1nc2ccc(C(=O)N3CCOC[C@@H]3c3ccc(Br)cn3)cc2c2c1COC2. The number of ether oxygens (including phenoxy) is 2. The summed E-state index contributed by atoms with van der Waals surface area (Å²) in [6, 6.07) is 9.18. The molecule has 7 nitrogen and oxygen atoms in total. The zero-order valence-corrected chi connectivity index (χ0v) is 17.2. The van der Waals surface area contributed by atoms with Gasteiger partial charge in [0.1, 0.15) is 5.82 Å². The van der Waals surface area contributed by atoms with Gasteiger partial charge in [-0.25, -0.2) is 4.98 Å². The van der Waals surface area contributed by atoms with E-state index in [1.54, 1.807) is 12.3 Å². The number of morpholine rings is 1. The zero-order chi connectivity index (χ0) is 20.0. The second kappa shape index (κ2) is 7.37. The van der Waals surface area contributed by atoms with Crippen LogP contribution in [0.4, 0.5) is 5.82 Å². The van der Waals surface area contributed by atoms with Crippen LogP contribution >= 0.6 is 15.9 Å². The highest BCUT2D eigenvalue weighted by Crippen LogP contribution is 2.32. The van der Waals surface area contributed by atoms with Gasteiger partial charge in [-0.2, -0.15) is 0 Å². The van der Waals surface area contributed by atoms with E-state index in [0.29, 0.717) is 44.4 Å². The Morgan fingerprint density at radius 1 is 1.17 bits per heavy atom. The van der Waals surface area contributed by atoms with Crippen molar-refractivity contribution >= 4 is 38.6 Å². The standard InChI is InChI=1S/C21H19BrN4O3/c22-13-2-4-18(24-8-13)19-11-28-6-5-26(19)21(27)12-1-3-17-14(7-12)15-9-29-10-16(15)20(23)25-17/h1-4,7-8,19H,5-6,9-11H2,(H2,23,25)/t19-/m1/s1. The number of nitrogen functional groups attached to an aromatic ring is 1. The summed E-state index contributed by atoms with van der Waals surface area (Å²) in [6.07, 6.45) is 1.74. The number of hydrogen-bond donors (Lipinski definition) is 1. The van der Waals surface area contributed by atoms with Crippen molar-refractivity contribution in [2.45, 2.75) is 19.3 Å². The van der Waals surface area contributed by atoms with Gasteiger partial charge >= 0.3 is 0 Å². The van der Waals surface area contributed by atoms with Crippen LogP contribution in [-0.2, 0) is 22.7 Å². The predicted octanol–water partition coefficient (Wildman–Crippen LogP) is 3.22. The molecule has 2 aliphatic heterocycles. The van der Waals surface area contributed by atoms with Crippen molar-refractivity contribution in [1.82, 2.24) is 14.9 Å². The minimum absolute atomic E-state index is 0.0468. The lowest BCUT2D eigenvalue weighted by Gasteiger charge is -2.35. The first-order valence-electron chi connectivity index (χ1n) is 9.40. The lowest BCUT2D eigenvalue weighted by atomic mass is 10.0. The maximum absolute atomic E-state index is 13.4. The normalized spacial score (nSPS) is 18.8. The first-order chi connectivity index (χ1) is 14.1. The number of carbonyl (C=O) groups excluding carboxylic acids is 1. The van der Waals surface area contributed by atoms with Crippen LogP contribution < -0.4 is 5.73 Å². The first-order valence-corrected chi connectivity index (χ1v) is 10.2. The van der Waals surface area contributed by atoms with Crippen LogP contribution in [0.3, 0.4) is 0 Å². The van der Waals surface area contributed by atoms with Crippen molar-refractivity contribution in [3.63, 3.8) is 0 Å². The summed E-state index contributed by atoms with van der Waals surface area (Å²) in [5, 5.41) is 0.920. The fraction of sp³-hybridized carbons (Fsp3) is 0.286. The first kappa shape index (κ1) is 18.5. The monoisotopic (exact) mass is 454 g/mol. The molecular weight excluding hydrogens is 436 g/mol. The lowest BCUT2D eigenvalue weighted by molar-refractivity contribution is -0.00389. The molecule has 4 heterocycles. The number of anilines is 1. The largest absolute Gasteiger partial charge is 0.383 e. The average Bonchev–Trinajstić information content (AvgIpc) is 3.25. The van der Waals surface area contributed by atoms with Gasteiger partial charge in [0.05, 0.1) is 43.7 Å². The van der Waals surface area contributed by atoms with E-state index >= 15 is 0 Å². The molecule has 1 saturated heterocycles. The van der Waals surface area contributed by atoms with Crippen LogP contribution in [0.15, 0.2) is 41.0 Å². The second-order valence-electron chi connectivity index (χ2n) is 7.17. The third kappa shape index (κ3) is 3.27. The summed E-state index contributed by atoms with van der Waals surface area (Å²) in [5.74, 6) is 0.452. The molecule has 29 heavy (non-hydrogen) atoms. The maximum atomic E-state index is 13.4. The van der Waals surface area contributed by atoms with Crippen molar-refractivity contribution in [2.75, 3.05) is 25.5 Å². The molecule has 0 spiro atoms. The number of hydrogen-bond acceptors (Lipinski definition) is 6. The van der Waals surface area contributed by atoms with Crippen molar-refractivity contribution in [2.24, 2.45) is 0 Å². The molecule has 2 aromatic heterocycles. The quantitative estimate of drug-likeness (QED) is 0.638. The van der Waals surface area contributed by atoms with Gasteiger partial charge in [0, 0.05) is 33.7 Å². The molecule has 1 amide bonds. The molecule has 1 fully saturated rings. The Morgan fingerprint density at radius 2 is 2.03 bits per heavy atom. The fourth-order valence-electron chi connectivity index (χ4n) is 3.95. The molecule has 3 aromatic rings.